The lowest BCUT2D eigenvalue weighted by molar-refractivity contribution is 0.102. The summed E-state index contributed by atoms with van der Waals surface area (Å²) >= 11 is 3.40. The highest BCUT2D eigenvalue weighted by Crippen LogP contribution is 2.23. The van der Waals surface area contributed by atoms with Gasteiger partial charge in [-0.1, -0.05) is 6.07 Å². The van der Waals surface area contributed by atoms with E-state index in [1.54, 1.807) is 12.1 Å². The molecule has 0 atom stereocenters. The van der Waals surface area contributed by atoms with Crippen LogP contribution in [-0.4, -0.2) is 10.9 Å². The SMILES string of the molecule is Cc1ccc(NC(=O)c2ccc(N)cn2)c(Br)c1. The maximum atomic E-state index is 11.9. The van der Waals surface area contributed by atoms with Crippen molar-refractivity contribution in [1.29, 1.82) is 0 Å². The molecule has 0 fully saturated rings. The molecule has 1 amide bonds. The number of aryl methyl sites for hydroxylation is 1. The van der Waals surface area contributed by atoms with Crippen LogP contribution in [0, 0.1) is 6.92 Å². The highest BCUT2D eigenvalue weighted by molar-refractivity contribution is 9.10. The van der Waals surface area contributed by atoms with Crippen LogP contribution in [0.2, 0.25) is 0 Å². The van der Waals surface area contributed by atoms with Gasteiger partial charge in [0, 0.05) is 4.47 Å². The Bertz CT molecular complexity index is 581. The van der Waals surface area contributed by atoms with Crippen LogP contribution in [0.4, 0.5) is 11.4 Å². The maximum Gasteiger partial charge on any atom is 0.274 e. The second kappa shape index (κ2) is 5.18. The number of amides is 1. The number of nitrogens with two attached hydrogens (primary N) is 1. The van der Waals surface area contributed by atoms with Crippen LogP contribution in [0.3, 0.4) is 0 Å². The molecule has 1 aromatic heterocycles. The zero-order valence-corrected chi connectivity index (χ0v) is 11.4. The number of carbonyl (C=O) groups excluding carboxylic acids is 1. The van der Waals surface area contributed by atoms with Gasteiger partial charge in [-0.3, -0.25) is 4.79 Å². The summed E-state index contributed by atoms with van der Waals surface area (Å²) in [5.41, 5.74) is 8.21. The number of halogens is 1. The molecule has 2 aromatic rings. The van der Waals surface area contributed by atoms with Crippen molar-refractivity contribution >= 4 is 33.2 Å². The quantitative estimate of drug-likeness (QED) is 0.896. The second-order valence-corrected chi connectivity index (χ2v) is 4.77. The van der Waals surface area contributed by atoms with E-state index in [4.69, 9.17) is 5.73 Å². The Balaban J connectivity index is 2.18. The normalized spacial score (nSPS) is 10.1. The van der Waals surface area contributed by atoms with Crippen molar-refractivity contribution in [2.45, 2.75) is 6.92 Å². The smallest absolute Gasteiger partial charge is 0.274 e. The number of nitrogens with one attached hydrogen (secondary N) is 1. The molecule has 18 heavy (non-hydrogen) atoms. The fraction of sp³-hybridized carbons (Fsp3) is 0.0769. The first kappa shape index (κ1) is 12.6. The Morgan fingerprint density at radius 1 is 1.33 bits per heavy atom. The predicted molar refractivity (Wildman–Crippen MR) is 75.5 cm³/mol. The van der Waals surface area contributed by atoms with E-state index in [1.165, 1.54) is 6.20 Å². The summed E-state index contributed by atoms with van der Waals surface area (Å²) in [6.45, 7) is 1.98. The molecule has 4 nitrogen and oxygen atoms in total. The van der Waals surface area contributed by atoms with E-state index in [-0.39, 0.29) is 5.91 Å². The van der Waals surface area contributed by atoms with Crippen molar-refractivity contribution in [1.82, 2.24) is 4.98 Å². The molecule has 3 N–H and O–H groups in total. The molecule has 0 aliphatic rings. The number of nitrogen functional groups attached to an aromatic ring is 1. The van der Waals surface area contributed by atoms with Crippen LogP contribution in [0.15, 0.2) is 41.0 Å². The van der Waals surface area contributed by atoms with Crippen molar-refractivity contribution in [3.05, 3.63) is 52.3 Å². The fourth-order valence-corrected chi connectivity index (χ4v) is 2.04. The third-order valence-corrected chi connectivity index (χ3v) is 3.05. The first-order chi connectivity index (χ1) is 8.56. The van der Waals surface area contributed by atoms with Gasteiger partial charge in [-0.05, 0) is 52.7 Å². The minimum atomic E-state index is -0.264. The van der Waals surface area contributed by atoms with Gasteiger partial charge in [0.2, 0.25) is 0 Å². The molecule has 0 aliphatic carbocycles. The number of pyridine rings is 1. The van der Waals surface area contributed by atoms with Crippen LogP contribution >= 0.6 is 15.9 Å². The standard InChI is InChI=1S/C13H12BrN3O/c1-8-2-4-11(10(14)6-8)17-13(18)12-5-3-9(15)7-16-12/h2-7H,15H2,1H3,(H,17,18). The summed E-state index contributed by atoms with van der Waals surface area (Å²) in [7, 11) is 0. The molecule has 1 heterocycles. The average molecular weight is 306 g/mol. The average Bonchev–Trinajstić information content (AvgIpc) is 2.33. The van der Waals surface area contributed by atoms with Gasteiger partial charge in [-0.25, -0.2) is 4.98 Å². The fourth-order valence-electron chi connectivity index (χ4n) is 1.45. The summed E-state index contributed by atoms with van der Waals surface area (Å²) in [5, 5.41) is 2.78. The van der Waals surface area contributed by atoms with Crippen LogP contribution < -0.4 is 11.1 Å². The minimum absolute atomic E-state index is 0.264. The van der Waals surface area contributed by atoms with Gasteiger partial charge >= 0.3 is 0 Å². The largest absolute Gasteiger partial charge is 0.397 e. The van der Waals surface area contributed by atoms with E-state index in [9.17, 15) is 4.79 Å². The first-order valence-electron chi connectivity index (χ1n) is 5.35. The summed E-state index contributed by atoms with van der Waals surface area (Å²) in [6.07, 6.45) is 1.46. The van der Waals surface area contributed by atoms with E-state index in [2.05, 4.69) is 26.2 Å². The van der Waals surface area contributed by atoms with Gasteiger partial charge in [-0.15, -0.1) is 0 Å². The van der Waals surface area contributed by atoms with Crippen LogP contribution in [-0.2, 0) is 0 Å². The lowest BCUT2D eigenvalue weighted by Crippen LogP contribution is -2.14. The van der Waals surface area contributed by atoms with Crippen molar-refractivity contribution in [3.63, 3.8) is 0 Å². The lowest BCUT2D eigenvalue weighted by Gasteiger charge is -2.07. The number of carbonyl (C=O) groups is 1. The van der Waals surface area contributed by atoms with Gasteiger partial charge in [0.1, 0.15) is 5.69 Å². The number of benzene rings is 1. The molecule has 0 bridgehead atoms. The molecule has 0 saturated heterocycles. The molecule has 0 unspecified atom stereocenters. The van der Waals surface area contributed by atoms with Gasteiger partial charge in [0.25, 0.3) is 5.91 Å². The predicted octanol–water partition coefficient (Wildman–Crippen LogP) is 2.99. The van der Waals surface area contributed by atoms with Crippen LogP contribution in [0.1, 0.15) is 16.1 Å². The van der Waals surface area contributed by atoms with Crippen molar-refractivity contribution < 1.29 is 4.79 Å². The van der Waals surface area contributed by atoms with Gasteiger partial charge in [0.15, 0.2) is 0 Å². The van der Waals surface area contributed by atoms with Crippen molar-refractivity contribution in [2.24, 2.45) is 0 Å². The molecule has 0 aliphatic heterocycles. The Morgan fingerprint density at radius 2 is 2.11 bits per heavy atom. The zero-order chi connectivity index (χ0) is 13.1. The highest BCUT2D eigenvalue weighted by atomic mass is 79.9. The van der Waals surface area contributed by atoms with Crippen LogP contribution in [0.25, 0.3) is 0 Å². The van der Waals surface area contributed by atoms with Crippen LogP contribution in [0.5, 0.6) is 0 Å². The van der Waals surface area contributed by atoms with Crippen molar-refractivity contribution in [3.8, 4) is 0 Å². The molecule has 1 aromatic carbocycles. The number of rotatable bonds is 2. The van der Waals surface area contributed by atoms with Crippen molar-refractivity contribution in [2.75, 3.05) is 11.1 Å². The monoisotopic (exact) mass is 305 g/mol. The Morgan fingerprint density at radius 3 is 2.72 bits per heavy atom. The Hall–Kier alpha value is -1.88. The first-order valence-corrected chi connectivity index (χ1v) is 6.14. The third-order valence-electron chi connectivity index (χ3n) is 2.39. The van der Waals surface area contributed by atoms with Gasteiger partial charge in [-0.2, -0.15) is 0 Å². The second-order valence-electron chi connectivity index (χ2n) is 3.91. The number of aromatic nitrogens is 1. The van der Waals surface area contributed by atoms with E-state index >= 15 is 0 Å². The van der Waals surface area contributed by atoms with Gasteiger partial charge < -0.3 is 11.1 Å². The molecule has 0 saturated carbocycles. The molecule has 2 rings (SSSR count). The Labute approximate surface area is 113 Å². The van der Waals surface area contributed by atoms with E-state index in [0.717, 1.165) is 10.0 Å². The molecule has 0 radical (unpaired) electrons. The summed E-state index contributed by atoms with van der Waals surface area (Å²) in [4.78, 5) is 15.9. The summed E-state index contributed by atoms with van der Waals surface area (Å²) < 4.78 is 0.839. The number of hydrogen-bond donors (Lipinski definition) is 2. The number of hydrogen-bond acceptors (Lipinski definition) is 3. The summed E-state index contributed by atoms with van der Waals surface area (Å²) in [5.74, 6) is -0.264. The Kier molecular flexibility index (Phi) is 3.62. The minimum Gasteiger partial charge on any atom is -0.397 e. The molecular formula is C13H12BrN3O. The molecule has 0 spiro atoms. The topological polar surface area (TPSA) is 68.0 Å². The maximum absolute atomic E-state index is 11.9. The molecule has 92 valence electrons. The van der Waals surface area contributed by atoms with Gasteiger partial charge in [0.05, 0.1) is 17.6 Å². The number of nitrogens with zero attached hydrogens (tertiary/aromatic N) is 1. The third kappa shape index (κ3) is 2.87. The number of anilines is 2. The van der Waals surface area contributed by atoms with E-state index < -0.39 is 0 Å². The zero-order valence-electron chi connectivity index (χ0n) is 9.77. The highest BCUT2D eigenvalue weighted by Gasteiger charge is 2.09. The molecule has 5 heteroatoms. The van der Waals surface area contributed by atoms with E-state index in [0.29, 0.717) is 17.1 Å². The molecular weight excluding hydrogens is 294 g/mol. The van der Waals surface area contributed by atoms with E-state index in [1.807, 2.05) is 25.1 Å². The summed E-state index contributed by atoms with van der Waals surface area (Å²) in [6, 6.07) is 8.94. The lowest BCUT2D eigenvalue weighted by atomic mass is 10.2.